The summed E-state index contributed by atoms with van der Waals surface area (Å²) < 4.78 is 27.2. The van der Waals surface area contributed by atoms with Crippen molar-refractivity contribution in [2.24, 2.45) is 0 Å². The minimum atomic E-state index is -0.267. The normalized spacial score (nSPS) is 14.6. The van der Waals surface area contributed by atoms with E-state index in [9.17, 15) is 4.79 Å². The van der Waals surface area contributed by atoms with Crippen molar-refractivity contribution >= 4 is 12.0 Å². The Labute approximate surface area is 192 Å². The Morgan fingerprint density at radius 1 is 1.12 bits per heavy atom. The zero-order chi connectivity index (χ0) is 23.4. The average molecular weight is 450 g/mol. The fourth-order valence-corrected chi connectivity index (χ4v) is 3.71. The van der Waals surface area contributed by atoms with Gasteiger partial charge in [-0.2, -0.15) is 0 Å². The van der Waals surface area contributed by atoms with Gasteiger partial charge in [0, 0.05) is 24.1 Å². The fourth-order valence-electron chi connectivity index (χ4n) is 3.71. The third-order valence-corrected chi connectivity index (χ3v) is 5.30. The molecule has 0 radical (unpaired) electrons. The van der Waals surface area contributed by atoms with Gasteiger partial charge in [0.25, 0.3) is 0 Å². The summed E-state index contributed by atoms with van der Waals surface area (Å²) in [4.78, 5) is 12.3. The molecule has 3 aromatic rings. The Morgan fingerprint density at radius 3 is 2.58 bits per heavy atom. The van der Waals surface area contributed by atoms with E-state index in [4.69, 9.17) is 23.5 Å². The molecular formula is C25H26N2O6. The van der Waals surface area contributed by atoms with Crippen LogP contribution in [0.15, 0.2) is 47.0 Å². The van der Waals surface area contributed by atoms with Gasteiger partial charge in [0.1, 0.15) is 17.5 Å². The van der Waals surface area contributed by atoms with Crippen LogP contribution in [0.2, 0.25) is 0 Å². The number of ether oxygens (including phenoxy) is 4. The van der Waals surface area contributed by atoms with Gasteiger partial charge in [-0.15, -0.1) is 0 Å². The number of nitrogens with zero attached hydrogens (tertiary/aromatic N) is 1. The predicted molar refractivity (Wildman–Crippen MR) is 123 cm³/mol. The molecular weight excluding hydrogens is 424 g/mol. The quantitative estimate of drug-likeness (QED) is 0.518. The Balaban J connectivity index is 1.38. The van der Waals surface area contributed by atoms with E-state index in [0.29, 0.717) is 28.7 Å². The average Bonchev–Trinajstić information content (AvgIpc) is 3.45. The highest BCUT2D eigenvalue weighted by atomic mass is 16.5. The molecule has 2 heterocycles. The zero-order valence-electron chi connectivity index (χ0n) is 19.0. The first kappa shape index (κ1) is 22.3. The summed E-state index contributed by atoms with van der Waals surface area (Å²) in [5.74, 6) is 2.82. The number of rotatable bonds is 8. The molecule has 0 saturated heterocycles. The molecule has 1 aliphatic rings. The molecule has 2 aromatic carbocycles. The molecule has 1 N–H and O–H groups in total. The lowest BCUT2D eigenvalue weighted by Gasteiger charge is -2.12. The first-order valence-corrected chi connectivity index (χ1v) is 10.5. The number of benzene rings is 2. The van der Waals surface area contributed by atoms with Crippen molar-refractivity contribution in [3.63, 3.8) is 0 Å². The molecule has 1 unspecified atom stereocenters. The first-order chi connectivity index (χ1) is 16.0. The van der Waals surface area contributed by atoms with Crippen LogP contribution in [0.4, 0.5) is 0 Å². The van der Waals surface area contributed by atoms with Gasteiger partial charge in [0.2, 0.25) is 11.7 Å². The van der Waals surface area contributed by atoms with E-state index in [1.165, 1.54) is 13.2 Å². The summed E-state index contributed by atoms with van der Waals surface area (Å²) in [7, 11) is 4.62. The molecule has 1 aliphatic heterocycles. The SMILES string of the molecule is COc1cc(/C=C\C(=O)NCc2cc(-c3ccc4c(c3)CC(C)O4)on2)cc(OC)c1OC. The maximum absolute atomic E-state index is 12.3. The van der Waals surface area contributed by atoms with Gasteiger partial charge in [-0.1, -0.05) is 5.16 Å². The van der Waals surface area contributed by atoms with Crippen LogP contribution in [0.3, 0.4) is 0 Å². The van der Waals surface area contributed by atoms with Crippen LogP contribution in [0.1, 0.15) is 23.7 Å². The highest BCUT2D eigenvalue weighted by Gasteiger charge is 2.20. The van der Waals surface area contributed by atoms with Gasteiger partial charge >= 0.3 is 0 Å². The van der Waals surface area contributed by atoms with Gasteiger partial charge in [0.15, 0.2) is 17.3 Å². The molecule has 33 heavy (non-hydrogen) atoms. The van der Waals surface area contributed by atoms with E-state index in [1.54, 1.807) is 32.4 Å². The zero-order valence-corrected chi connectivity index (χ0v) is 19.0. The highest BCUT2D eigenvalue weighted by molar-refractivity contribution is 5.91. The van der Waals surface area contributed by atoms with Crippen LogP contribution in [0.5, 0.6) is 23.0 Å². The number of aromatic nitrogens is 1. The number of nitrogens with one attached hydrogen (secondary N) is 1. The van der Waals surface area contributed by atoms with Gasteiger partial charge in [-0.25, -0.2) is 0 Å². The van der Waals surface area contributed by atoms with E-state index < -0.39 is 0 Å². The van der Waals surface area contributed by atoms with Crippen molar-refractivity contribution in [3.8, 4) is 34.3 Å². The molecule has 1 aromatic heterocycles. The molecule has 1 amide bonds. The lowest BCUT2D eigenvalue weighted by Crippen LogP contribution is -2.20. The molecule has 4 rings (SSSR count). The molecule has 172 valence electrons. The van der Waals surface area contributed by atoms with Crippen molar-refractivity contribution in [1.29, 1.82) is 0 Å². The van der Waals surface area contributed by atoms with Crippen molar-refractivity contribution < 1.29 is 28.3 Å². The summed E-state index contributed by atoms with van der Waals surface area (Å²) >= 11 is 0. The number of methoxy groups -OCH3 is 3. The summed E-state index contributed by atoms with van der Waals surface area (Å²) in [6, 6.07) is 11.3. The molecule has 0 aliphatic carbocycles. The van der Waals surface area contributed by atoms with E-state index in [-0.39, 0.29) is 18.6 Å². The second-order valence-electron chi connectivity index (χ2n) is 7.65. The maximum Gasteiger partial charge on any atom is 0.244 e. The molecule has 8 nitrogen and oxygen atoms in total. The van der Waals surface area contributed by atoms with Gasteiger partial charge < -0.3 is 28.8 Å². The van der Waals surface area contributed by atoms with Crippen LogP contribution in [0.25, 0.3) is 17.4 Å². The topological polar surface area (TPSA) is 92.1 Å². The van der Waals surface area contributed by atoms with Crippen molar-refractivity contribution in [3.05, 3.63) is 59.3 Å². The summed E-state index contributed by atoms with van der Waals surface area (Å²) in [6.07, 6.45) is 4.16. The maximum atomic E-state index is 12.3. The largest absolute Gasteiger partial charge is 0.493 e. The Bertz CT molecular complexity index is 1160. The first-order valence-electron chi connectivity index (χ1n) is 10.5. The number of hydrogen-bond acceptors (Lipinski definition) is 7. The third-order valence-electron chi connectivity index (χ3n) is 5.30. The van der Waals surface area contributed by atoms with Crippen LogP contribution in [0, 0.1) is 0 Å². The van der Waals surface area contributed by atoms with E-state index in [1.807, 2.05) is 25.1 Å². The van der Waals surface area contributed by atoms with Crippen molar-refractivity contribution in [2.45, 2.75) is 26.0 Å². The van der Waals surface area contributed by atoms with E-state index >= 15 is 0 Å². The summed E-state index contributed by atoms with van der Waals surface area (Å²) in [5.41, 5.74) is 3.45. The van der Waals surface area contributed by atoms with Crippen LogP contribution < -0.4 is 24.3 Å². The summed E-state index contributed by atoms with van der Waals surface area (Å²) in [5, 5.41) is 6.87. The third kappa shape index (κ3) is 4.95. The number of carbonyl (C=O) groups is 1. The number of fused-ring (bicyclic) bond motifs is 1. The Hall–Kier alpha value is -3.94. The molecule has 0 saturated carbocycles. The van der Waals surface area contributed by atoms with Gasteiger partial charge in [-0.05, 0) is 54.5 Å². The molecule has 0 fully saturated rings. The smallest absolute Gasteiger partial charge is 0.244 e. The minimum absolute atomic E-state index is 0.184. The second kappa shape index (κ2) is 9.68. The van der Waals surface area contributed by atoms with Crippen molar-refractivity contribution in [1.82, 2.24) is 10.5 Å². The second-order valence-corrected chi connectivity index (χ2v) is 7.65. The van der Waals surface area contributed by atoms with E-state index in [2.05, 4.69) is 16.5 Å². The van der Waals surface area contributed by atoms with Crippen LogP contribution >= 0.6 is 0 Å². The number of carbonyl (C=O) groups excluding carboxylic acids is 1. The predicted octanol–water partition coefficient (Wildman–Crippen LogP) is 4.02. The Kier molecular flexibility index (Phi) is 6.53. The number of hydrogen-bond donors (Lipinski definition) is 1. The minimum Gasteiger partial charge on any atom is -0.493 e. The van der Waals surface area contributed by atoms with Gasteiger partial charge in [0.05, 0.1) is 27.9 Å². The fraction of sp³-hybridized carbons (Fsp3) is 0.280. The van der Waals surface area contributed by atoms with E-state index in [0.717, 1.165) is 28.9 Å². The van der Waals surface area contributed by atoms with Crippen molar-refractivity contribution in [2.75, 3.05) is 21.3 Å². The molecule has 0 spiro atoms. The van der Waals surface area contributed by atoms with Crippen LogP contribution in [-0.4, -0.2) is 38.5 Å². The lowest BCUT2D eigenvalue weighted by atomic mass is 10.1. The number of amides is 1. The molecule has 0 bridgehead atoms. The Morgan fingerprint density at radius 2 is 1.88 bits per heavy atom. The summed E-state index contributed by atoms with van der Waals surface area (Å²) in [6.45, 7) is 2.29. The van der Waals surface area contributed by atoms with Crippen LogP contribution in [-0.2, 0) is 17.8 Å². The highest BCUT2D eigenvalue weighted by Crippen LogP contribution is 2.38. The standard InChI is InChI=1S/C25H26N2O6/c1-15-9-18-12-17(6-7-20(18)32-15)21-13-19(27-33-21)14-26-24(28)8-5-16-10-22(29-2)25(31-4)23(11-16)30-3/h5-8,10-13,15H,9,14H2,1-4H3,(H,26,28)/b8-5-. The molecule has 1 atom stereocenters. The lowest BCUT2D eigenvalue weighted by molar-refractivity contribution is -0.116. The monoisotopic (exact) mass is 450 g/mol. The van der Waals surface area contributed by atoms with Gasteiger partial charge in [-0.3, -0.25) is 4.79 Å². The molecule has 8 heteroatoms.